The molecule has 132 valence electrons. The van der Waals surface area contributed by atoms with Crippen LogP contribution in [0.1, 0.15) is 18.1 Å². The summed E-state index contributed by atoms with van der Waals surface area (Å²) in [4.78, 5) is 0. The first-order valence-electron chi connectivity index (χ1n) is 6.11. The Kier molecular flexibility index (Phi) is 5.17. The fourth-order valence-electron chi connectivity index (χ4n) is 1.75. The van der Waals surface area contributed by atoms with Gasteiger partial charge in [0, 0.05) is 0 Å². The molecule has 23 heavy (non-hydrogen) atoms. The van der Waals surface area contributed by atoms with Gasteiger partial charge in [0.1, 0.15) is 5.75 Å². The number of hydrogen-bond donors (Lipinski definition) is 0. The summed E-state index contributed by atoms with van der Waals surface area (Å²) >= 11 is 0. The van der Waals surface area contributed by atoms with Crippen molar-refractivity contribution in [2.24, 2.45) is 5.92 Å². The number of ether oxygens (including phenoxy) is 1. The first-order valence-corrected chi connectivity index (χ1v) is 6.11. The van der Waals surface area contributed by atoms with Crippen LogP contribution in [-0.4, -0.2) is 18.5 Å². The molecule has 2 atom stereocenters. The predicted molar refractivity (Wildman–Crippen MR) is 61.9 cm³/mol. The van der Waals surface area contributed by atoms with Gasteiger partial charge >= 0.3 is 18.5 Å². The van der Waals surface area contributed by atoms with Crippen LogP contribution in [-0.2, 0) is 6.18 Å². The second-order valence-electron chi connectivity index (χ2n) is 4.94. The molecule has 0 aliphatic rings. The molecule has 0 aliphatic carbocycles. The van der Waals surface area contributed by atoms with E-state index in [4.69, 9.17) is 0 Å². The van der Waals surface area contributed by atoms with Crippen LogP contribution in [0.5, 0.6) is 5.75 Å². The molecule has 1 aromatic rings. The lowest BCUT2D eigenvalue weighted by Crippen LogP contribution is -2.45. The summed E-state index contributed by atoms with van der Waals surface area (Å²) in [6.07, 6.45) is -18.8. The van der Waals surface area contributed by atoms with E-state index in [9.17, 15) is 39.5 Å². The van der Waals surface area contributed by atoms with Gasteiger partial charge in [0.05, 0.1) is 11.5 Å². The number of halogens is 9. The smallest absolute Gasteiger partial charge is 0.426 e. The lowest BCUT2D eigenvalue weighted by atomic mass is 10.0. The van der Waals surface area contributed by atoms with Crippen molar-refractivity contribution in [3.05, 3.63) is 29.3 Å². The maximum Gasteiger partial charge on any atom is 0.426 e. The van der Waals surface area contributed by atoms with Crippen molar-refractivity contribution in [2.75, 3.05) is 0 Å². The highest BCUT2D eigenvalue weighted by molar-refractivity contribution is 5.35. The zero-order chi connectivity index (χ0) is 18.2. The lowest BCUT2D eigenvalue weighted by molar-refractivity contribution is -0.263. The van der Waals surface area contributed by atoms with E-state index in [1.54, 1.807) is 0 Å². The zero-order valence-corrected chi connectivity index (χ0v) is 11.7. The molecule has 1 nitrogen and oxygen atoms in total. The molecule has 0 spiro atoms. The van der Waals surface area contributed by atoms with Crippen molar-refractivity contribution < 1.29 is 44.3 Å². The molecule has 0 bridgehead atoms. The van der Waals surface area contributed by atoms with Crippen LogP contribution < -0.4 is 4.74 Å². The van der Waals surface area contributed by atoms with Gasteiger partial charge < -0.3 is 4.74 Å². The second-order valence-corrected chi connectivity index (χ2v) is 4.94. The first-order chi connectivity index (χ1) is 10.1. The van der Waals surface area contributed by atoms with Crippen LogP contribution in [0, 0.1) is 12.8 Å². The monoisotopic (exact) mass is 354 g/mol. The highest BCUT2D eigenvalue weighted by atomic mass is 19.4. The van der Waals surface area contributed by atoms with Crippen molar-refractivity contribution in [1.29, 1.82) is 0 Å². The summed E-state index contributed by atoms with van der Waals surface area (Å²) < 4.78 is 118. The van der Waals surface area contributed by atoms with Crippen molar-refractivity contribution in [3.63, 3.8) is 0 Å². The average molecular weight is 354 g/mol. The van der Waals surface area contributed by atoms with Gasteiger partial charge in [-0.3, -0.25) is 0 Å². The van der Waals surface area contributed by atoms with Crippen LogP contribution in [0.4, 0.5) is 39.5 Å². The third-order valence-electron chi connectivity index (χ3n) is 2.93. The Balaban J connectivity index is 3.22. The third kappa shape index (κ3) is 5.21. The van der Waals surface area contributed by atoms with Gasteiger partial charge in [-0.05, 0) is 37.6 Å². The summed E-state index contributed by atoms with van der Waals surface area (Å²) in [7, 11) is 0. The van der Waals surface area contributed by atoms with Crippen molar-refractivity contribution >= 4 is 0 Å². The van der Waals surface area contributed by atoms with Gasteiger partial charge in [-0.15, -0.1) is 0 Å². The zero-order valence-electron chi connectivity index (χ0n) is 11.7. The van der Waals surface area contributed by atoms with E-state index in [0.29, 0.717) is 6.07 Å². The van der Waals surface area contributed by atoms with E-state index in [1.807, 2.05) is 0 Å². The largest absolute Gasteiger partial charge is 0.480 e. The van der Waals surface area contributed by atoms with Crippen LogP contribution in [0.2, 0.25) is 0 Å². The molecule has 0 heterocycles. The van der Waals surface area contributed by atoms with Gasteiger partial charge in [-0.25, -0.2) is 0 Å². The van der Waals surface area contributed by atoms with Crippen LogP contribution in [0.15, 0.2) is 18.2 Å². The Morgan fingerprint density at radius 2 is 1.35 bits per heavy atom. The van der Waals surface area contributed by atoms with Gasteiger partial charge in [0.2, 0.25) is 6.10 Å². The van der Waals surface area contributed by atoms with Gasteiger partial charge in [-0.2, -0.15) is 39.5 Å². The number of aryl methyl sites for hydroxylation is 1. The van der Waals surface area contributed by atoms with Crippen LogP contribution >= 0.6 is 0 Å². The molecule has 0 saturated heterocycles. The Morgan fingerprint density at radius 1 is 0.826 bits per heavy atom. The minimum Gasteiger partial charge on any atom is -0.480 e. The molecule has 0 saturated carbocycles. The average Bonchev–Trinajstić information content (AvgIpc) is 2.30. The number of rotatable bonds is 3. The molecule has 0 aliphatic heterocycles. The van der Waals surface area contributed by atoms with Gasteiger partial charge in [0.15, 0.2) is 0 Å². The summed E-state index contributed by atoms with van der Waals surface area (Å²) in [6, 6.07) is 1.68. The number of alkyl halides is 9. The Hall–Kier alpha value is -1.61. The summed E-state index contributed by atoms with van der Waals surface area (Å²) in [5.41, 5.74) is -1.41. The van der Waals surface area contributed by atoms with Crippen molar-refractivity contribution in [2.45, 2.75) is 38.5 Å². The highest BCUT2D eigenvalue weighted by Gasteiger charge is 2.54. The quantitative estimate of drug-likeness (QED) is 0.650. The van der Waals surface area contributed by atoms with Gasteiger partial charge in [0.25, 0.3) is 0 Å². The van der Waals surface area contributed by atoms with E-state index in [-0.39, 0.29) is 18.6 Å². The minimum atomic E-state index is -5.41. The maximum absolute atomic E-state index is 12.8. The number of hydrogen-bond acceptors (Lipinski definition) is 1. The molecule has 0 amide bonds. The number of benzene rings is 1. The molecule has 2 unspecified atom stereocenters. The Morgan fingerprint density at radius 3 is 1.74 bits per heavy atom. The van der Waals surface area contributed by atoms with Crippen LogP contribution in [0.25, 0.3) is 0 Å². The summed E-state index contributed by atoms with van der Waals surface area (Å²) in [6.45, 7) is 1.40. The summed E-state index contributed by atoms with van der Waals surface area (Å²) in [5, 5.41) is 0. The fourth-order valence-corrected chi connectivity index (χ4v) is 1.75. The molecule has 0 aromatic heterocycles. The predicted octanol–water partition coefficient (Wildman–Crippen LogP) is 5.52. The van der Waals surface area contributed by atoms with Gasteiger partial charge in [-0.1, -0.05) is 0 Å². The third-order valence-corrected chi connectivity index (χ3v) is 2.93. The summed E-state index contributed by atoms with van der Waals surface area (Å²) in [5.74, 6) is -3.88. The molecular formula is C13H11F9O. The van der Waals surface area contributed by atoms with E-state index >= 15 is 0 Å². The van der Waals surface area contributed by atoms with E-state index in [2.05, 4.69) is 4.74 Å². The Labute approximate surface area is 125 Å². The molecule has 10 heteroatoms. The van der Waals surface area contributed by atoms with Crippen LogP contribution in [0.3, 0.4) is 0 Å². The highest BCUT2D eigenvalue weighted by Crippen LogP contribution is 2.39. The van der Waals surface area contributed by atoms with E-state index < -0.39 is 41.9 Å². The lowest BCUT2D eigenvalue weighted by Gasteiger charge is -2.28. The first kappa shape index (κ1) is 19.4. The van der Waals surface area contributed by atoms with E-state index in [0.717, 1.165) is 13.0 Å². The van der Waals surface area contributed by atoms with Crippen molar-refractivity contribution in [3.8, 4) is 5.75 Å². The normalized spacial score (nSPS) is 16.1. The Bertz CT molecular complexity index is 542. The minimum absolute atomic E-state index is 0.101. The molecule has 0 N–H and O–H groups in total. The maximum atomic E-state index is 12.8. The molecule has 0 radical (unpaired) electrons. The molecule has 1 rings (SSSR count). The molecule has 1 aromatic carbocycles. The molecular weight excluding hydrogens is 343 g/mol. The second kappa shape index (κ2) is 6.12. The molecule has 0 fully saturated rings. The van der Waals surface area contributed by atoms with E-state index in [1.165, 1.54) is 0 Å². The van der Waals surface area contributed by atoms with Crippen molar-refractivity contribution in [1.82, 2.24) is 0 Å². The SMILES string of the molecule is Cc1cc(OC(C(C)C(F)(F)F)C(F)(F)F)cc(C(F)(F)F)c1. The fraction of sp³-hybridized carbons (Fsp3) is 0.538. The topological polar surface area (TPSA) is 9.23 Å². The standard InChI is InChI=1S/C13H11F9O/c1-6-3-8(12(17,18)19)5-9(4-6)23-10(13(20,21)22)7(2)11(14,15)16/h3-5,7,10H,1-2H3.